The Morgan fingerprint density at radius 1 is 1.11 bits per heavy atom. The van der Waals surface area contributed by atoms with E-state index in [1.807, 2.05) is 61.2 Å². The van der Waals surface area contributed by atoms with Gasteiger partial charge < -0.3 is 19.1 Å². The third kappa shape index (κ3) is 4.08. The van der Waals surface area contributed by atoms with Crippen molar-refractivity contribution in [1.29, 1.82) is 0 Å². The fraction of sp³-hybridized carbons (Fsp3) is 0.435. The summed E-state index contributed by atoms with van der Waals surface area (Å²) in [6.45, 7) is 4.68. The number of rotatable bonds is 6. The largest absolute Gasteiger partial charge is 0.481 e. The van der Waals surface area contributed by atoms with E-state index in [1.165, 1.54) is 18.4 Å². The van der Waals surface area contributed by atoms with Gasteiger partial charge in [-0.15, -0.1) is 0 Å². The molecule has 0 N–H and O–H groups in total. The Bertz CT molecular complexity index is 827. The van der Waals surface area contributed by atoms with Crippen LogP contribution >= 0.6 is 0 Å². The van der Waals surface area contributed by atoms with E-state index >= 15 is 0 Å². The molecule has 0 saturated heterocycles. The highest BCUT2D eigenvalue weighted by atomic mass is 16.7. The van der Waals surface area contributed by atoms with Crippen LogP contribution in [0, 0.1) is 6.92 Å². The van der Waals surface area contributed by atoms with Gasteiger partial charge in [0.25, 0.3) is 5.91 Å². The van der Waals surface area contributed by atoms with Crippen LogP contribution in [0.1, 0.15) is 43.7 Å². The molecular formula is C23H27NO4. The SMILES string of the molecule is Cc1ccc(OC(C)C(=O)N(Cc2ccc3c(c2)OCO3)C2CCCC2)cc1. The Labute approximate surface area is 166 Å². The van der Waals surface area contributed by atoms with Gasteiger partial charge in [0, 0.05) is 12.6 Å². The van der Waals surface area contributed by atoms with Crippen molar-refractivity contribution in [2.45, 2.75) is 58.2 Å². The monoisotopic (exact) mass is 381 g/mol. The Hall–Kier alpha value is -2.69. The second kappa shape index (κ2) is 8.13. The summed E-state index contributed by atoms with van der Waals surface area (Å²) < 4.78 is 16.8. The molecule has 1 aliphatic carbocycles. The first-order valence-electron chi connectivity index (χ1n) is 10.0. The molecule has 1 fully saturated rings. The van der Waals surface area contributed by atoms with Gasteiger partial charge in [-0.25, -0.2) is 0 Å². The third-order valence-electron chi connectivity index (χ3n) is 5.52. The third-order valence-corrected chi connectivity index (χ3v) is 5.52. The van der Waals surface area contributed by atoms with Gasteiger partial charge in [-0.05, 0) is 56.5 Å². The summed E-state index contributed by atoms with van der Waals surface area (Å²) in [6, 6.07) is 14.0. The predicted molar refractivity (Wildman–Crippen MR) is 107 cm³/mol. The number of fused-ring (bicyclic) bond motifs is 1. The number of amides is 1. The standard InChI is InChI=1S/C23H27NO4/c1-16-7-10-20(11-8-16)28-17(2)23(25)24(19-5-3-4-6-19)14-18-9-12-21-22(13-18)27-15-26-21/h7-13,17,19H,3-6,14-15H2,1-2H3. The van der Waals surface area contributed by atoms with E-state index in [0.717, 1.165) is 35.7 Å². The molecule has 1 amide bonds. The molecule has 148 valence electrons. The van der Waals surface area contributed by atoms with Crippen LogP contribution in [0.3, 0.4) is 0 Å². The van der Waals surface area contributed by atoms with Gasteiger partial charge in [0.2, 0.25) is 6.79 Å². The van der Waals surface area contributed by atoms with Crippen LogP contribution < -0.4 is 14.2 Å². The maximum atomic E-state index is 13.3. The zero-order valence-electron chi connectivity index (χ0n) is 16.5. The first kappa shape index (κ1) is 18.7. The van der Waals surface area contributed by atoms with Crippen molar-refractivity contribution in [1.82, 2.24) is 4.90 Å². The molecule has 4 rings (SSSR count). The number of hydrogen-bond acceptors (Lipinski definition) is 4. The minimum atomic E-state index is -0.530. The van der Waals surface area contributed by atoms with E-state index < -0.39 is 6.10 Å². The second-order valence-electron chi connectivity index (χ2n) is 7.67. The molecule has 28 heavy (non-hydrogen) atoms. The Balaban J connectivity index is 1.50. The van der Waals surface area contributed by atoms with Gasteiger partial charge in [-0.3, -0.25) is 4.79 Å². The maximum absolute atomic E-state index is 13.3. The average Bonchev–Trinajstić information content (AvgIpc) is 3.38. The van der Waals surface area contributed by atoms with E-state index in [9.17, 15) is 4.79 Å². The molecule has 1 atom stereocenters. The van der Waals surface area contributed by atoms with Gasteiger partial charge in [0.05, 0.1) is 0 Å². The highest BCUT2D eigenvalue weighted by molar-refractivity contribution is 5.81. The number of ether oxygens (including phenoxy) is 3. The lowest BCUT2D eigenvalue weighted by molar-refractivity contribution is -0.141. The van der Waals surface area contributed by atoms with E-state index in [2.05, 4.69) is 0 Å². The van der Waals surface area contributed by atoms with E-state index in [4.69, 9.17) is 14.2 Å². The number of carbonyl (C=O) groups excluding carboxylic acids is 1. The lowest BCUT2D eigenvalue weighted by Gasteiger charge is -2.31. The van der Waals surface area contributed by atoms with Crippen LogP contribution in [0.15, 0.2) is 42.5 Å². The lowest BCUT2D eigenvalue weighted by Crippen LogP contribution is -2.45. The van der Waals surface area contributed by atoms with Crippen LogP contribution in [0.4, 0.5) is 0 Å². The number of aryl methyl sites for hydroxylation is 1. The molecule has 0 radical (unpaired) electrons. The molecule has 1 aliphatic heterocycles. The first-order chi connectivity index (χ1) is 13.6. The zero-order valence-corrected chi connectivity index (χ0v) is 16.5. The van der Waals surface area contributed by atoms with Crippen molar-refractivity contribution in [3.63, 3.8) is 0 Å². The Morgan fingerprint density at radius 2 is 1.82 bits per heavy atom. The smallest absolute Gasteiger partial charge is 0.263 e. The summed E-state index contributed by atoms with van der Waals surface area (Å²) in [5, 5.41) is 0. The van der Waals surface area contributed by atoms with E-state index in [0.29, 0.717) is 6.54 Å². The van der Waals surface area contributed by atoms with Gasteiger partial charge >= 0.3 is 0 Å². The molecular weight excluding hydrogens is 354 g/mol. The van der Waals surface area contributed by atoms with E-state index in [-0.39, 0.29) is 18.7 Å². The van der Waals surface area contributed by atoms with E-state index in [1.54, 1.807) is 0 Å². The first-order valence-corrected chi connectivity index (χ1v) is 10.0. The molecule has 1 unspecified atom stereocenters. The predicted octanol–water partition coefficient (Wildman–Crippen LogP) is 4.46. The summed E-state index contributed by atoms with van der Waals surface area (Å²) in [5.41, 5.74) is 2.22. The minimum absolute atomic E-state index is 0.0325. The van der Waals surface area contributed by atoms with Crippen molar-refractivity contribution in [3.8, 4) is 17.2 Å². The Morgan fingerprint density at radius 3 is 2.57 bits per heavy atom. The fourth-order valence-electron chi connectivity index (χ4n) is 3.94. The summed E-state index contributed by atoms with van der Waals surface area (Å²) in [5.74, 6) is 2.27. The quantitative estimate of drug-likeness (QED) is 0.741. The molecule has 0 aromatic heterocycles. The zero-order chi connectivity index (χ0) is 19.5. The van der Waals surface area contributed by atoms with Gasteiger partial charge in [-0.1, -0.05) is 36.6 Å². The molecule has 2 aromatic rings. The molecule has 5 nitrogen and oxygen atoms in total. The summed E-state index contributed by atoms with van der Waals surface area (Å²) >= 11 is 0. The van der Waals surface area contributed by atoms with Crippen molar-refractivity contribution < 1.29 is 19.0 Å². The average molecular weight is 381 g/mol. The maximum Gasteiger partial charge on any atom is 0.263 e. The number of nitrogens with zero attached hydrogens (tertiary/aromatic N) is 1. The highest BCUT2D eigenvalue weighted by Crippen LogP contribution is 2.34. The molecule has 2 aromatic carbocycles. The van der Waals surface area contributed by atoms with Crippen LogP contribution in [0.25, 0.3) is 0 Å². The number of hydrogen-bond donors (Lipinski definition) is 0. The molecule has 5 heteroatoms. The molecule has 1 saturated carbocycles. The van der Waals surface area contributed by atoms with Gasteiger partial charge in [0.1, 0.15) is 5.75 Å². The lowest BCUT2D eigenvalue weighted by atomic mass is 10.1. The van der Waals surface area contributed by atoms with Crippen LogP contribution in [0.2, 0.25) is 0 Å². The van der Waals surface area contributed by atoms with Crippen molar-refractivity contribution >= 4 is 5.91 Å². The normalized spacial score (nSPS) is 16.8. The second-order valence-corrected chi connectivity index (χ2v) is 7.67. The molecule has 1 heterocycles. The summed E-state index contributed by atoms with van der Waals surface area (Å²) in [4.78, 5) is 15.3. The summed E-state index contributed by atoms with van der Waals surface area (Å²) in [6.07, 6.45) is 3.91. The number of benzene rings is 2. The number of carbonyl (C=O) groups is 1. The molecule has 2 aliphatic rings. The minimum Gasteiger partial charge on any atom is -0.481 e. The van der Waals surface area contributed by atoms with Crippen molar-refractivity contribution in [2.75, 3.05) is 6.79 Å². The van der Waals surface area contributed by atoms with Gasteiger partial charge in [-0.2, -0.15) is 0 Å². The van der Waals surface area contributed by atoms with Crippen LogP contribution in [-0.2, 0) is 11.3 Å². The fourth-order valence-corrected chi connectivity index (χ4v) is 3.94. The van der Waals surface area contributed by atoms with Crippen LogP contribution in [0.5, 0.6) is 17.2 Å². The molecule has 0 bridgehead atoms. The topological polar surface area (TPSA) is 48.0 Å². The van der Waals surface area contributed by atoms with Crippen molar-refractivity contribution in [3.05, 3.63) is 53.6 Å². The van der Waals surface area contributed by atoms with Gasteiger partial charge in [0.15, 0.2) is 17.6 Å². The highest BCUT2D eigenvalue weighted by Gasteiger charge is 2.31. The molecule has 0 spiro atoms. The Kier molecular flexibility index (Phi) is 5.42. The van der Waals surface area contributed by atoms with Crippen LogP contribution in [-0.4, -0.2) is 29.7 Å². The summed E-state index contributed by atoms with van der Waals surface area (Å²) in [7, 11) is 0. The van der Waals surface area contributed by atoms with Crippen molar-refractivity contribution in [2.24, 2.45) is 0 Å².